The Balaban J connectivity index is 2.04. The summed E-state index contributed by atoms with van der Waals surface area (Å²) in [6.45, 7) is 6.23. The standard InChI is InChI=1S/C13H15ClN2O2/c1-8(2)13-15-12(16-18-13)7-17-11-6-10(14)5-4-9(11)3/h4-6,8H,7H2,1-3H3. The summed E-state index contributed by atoms with van der Waals surface area (Å²) in [5.41, 5.74) is 1.02. The molecule has 0 atom stereocenters. The maximum Gasteiger partial charge on any atom is 0.229 e. The Morgan fingerprint density at radius 2 is 2.17 bits per heavy atom. The molecule has 0 aliphatic carbocycles. The number of halogens is 1. The lowest BCUT2D eigenvalue weighted by atomic mass is 10.2. The van der Waals surface area contributed by atoms with Crippen LogP contribution in [0.2, 0.25) is 5.02 Å². The highest BCUT2D eigenvalue weighted by molar-refractivity contribution is 6.30. The molecule has 0 spiro atoms. The van der Waals surface area contributed by atoms with Gasteiger partial charge in [0.1, 0.15) is 5.75 Å². The highest BCUT2D eigenvalue weighted by Crippen LogP contribution is 2.23. The van der Waals surface area contributed by atoms with E-state index in [9.17, 15) is 0 Å². The molecule has 1 aromatic heterocycles. The Labute approximate surface area is 111 Å². The van der Waals surface area contributed by atoms with E-state index in [1.165, 1.54) is 0 Å². The van der Waals surface area contributed by atoms with E-state index in [0.29, 0.717) is 16.7 Å². The second-order valence-electron chi connectivity index (χ2n) is 4.40. The van der Waals surface area contributed by atoms with Crippen LogP contribution in [0.1, 0.15) is 37.0 Å². The normalized spacial score (nSPS) is 10.9. The third kappa shape index (κ3) is 3.01. The minimum Gasteiger partial charge on any atom is -0.485 e. The van der Waals surface area contributed by atoms with Crippen molar-refractivity contribution < 1.29 is 9.26 Å². The monoisotopic (exact) mass is 266 g/mol. The van der Waals surface area contributed by atoms with E-state index in [4.69, 9.17) is 20.9 Å². The molecular formula is C13H15ClN2O2. The van der Waals surface area contributed by atoms with Crippen molar-refractivity contribution in [2.45, 2.75) is 33.3 Å². The molecule has 0 aliphatic rings. The highest BCUT2D eigenvalue weighted by atomic mass is 35.5. The van der Waals surface area contributed by atoms with Crippen molar-refractivity contribution in [3.8, 4) is 5.75 Å². The molecule has 0 saturated carbocycles. The van der Waals surface area contributed by atoms with Crippen molar-refractivity contribution in [1.82, 2.24) is 10.1 Å². The van der Waals surface area contributed by atoms with Gasteiger partial charge in [-0.2, -0.15) is 4.98 Å². The summed E-state index contributed by atoms with van der Waals surface area (Å²) in [5, 5.41) is 4.51. The van der Waals surface area contributed by atoms with Crippen LogP contribution in [0.25, 0.3) is 0 Å². The molecule has 0 radical (unpaired) electrons. The van der Waals surface area contributed by atoms with E-state index < -0.39 is 0 Å². The van der Waals surface area contributed by atoms with Crippen molar-refractivity contribution in [2.75, 3.05) is 0 Å². The summed E-state index contributed by atoms with van der Waals surface area (Å²) >= 11 is 5.91. The van der Waals surface area contributed by atoms with Gasteiger partial charge in [0.15, 0.2) is 6.61 Å². The van der Waals surface area contributed by atoms with Crippen LogP contribution < -0.4 is 4.74 Å². The van der Waals surface area contributed by atoms with Crippen LogP contribution in [-0.2, 0) is 6.61 Å². The number of hydrogen-bond donors (Lipinski definition) is 0. The van der Waals surface area contributed by atoms with E-state index in [1.54, 1.807) is 6.07 Å². The van der Waals surface area contributed by atoms with Crippen LogP contribution in [0.3, 0.4) is 0 Å². The lowest BCUT2D eigenvalue weighted by molar-refractivity contribution is 0.283. The number of nitrogens with zero attached hydrogens (tertiary/aromatic N) is 2. The van der Waals surface area contributed by atoms with Crippen LogP contribution in [-0.4, -0.2) is 10.1 Å². The first-order chi connectivity index (χ1) is 8.56. The van der Waals surface area contributed by atoms with Crippen LogP contribution in [0.5, 0.6) is 5.75 Å². The van der Waals surface area contributed by atoms with Crippen molar-refractivity contribution in [3.63, 3.8) is 0 Å². The van der Waals surface area contributed by atoms with Crippen LogP contribution >= 0.6 is 11.6 Å². The molecule has 4 nitrogen and oxygen atoms in total. The Morgan fingerprint density at radius 3 is 2.83 bits per heavy atom. The maximum atomic E-state index is 5.91. The molecule has 0 amide bonds. The van der Waals surface area contributed by atoms with Crippen LogP contribution in [0.15, 0.2) is 22.7 Å². The fraction of sp³-hybridized carbons (Fsp3) is 0.385. The van der Waals surface area contributed by atoms with E-state index in [0.717, 1.165) is 11.3 Å². The van der Waals surface area contributed by atoms with Gasteiger partial charge in [0.25, 0.3) is 0 Å². The smallest absolute Gasteiger partial charge is 0.229 e. The number of ether oxygens (including phenoxy) is 1. The Bertz CT molecular complexity index is 538. The second-order valence-corrected chi connectivity index (χ2v) is 4.84. The summed E-state index contributed by atoms with van der Waals surface area (Å²) in [4.78, 5) is 4.24. The van der Waals surface area contributed by atoms with Gasteiger partial charge in [0, 0.05) is 10.9 Å². The van der Waals surface area contributed by atoms with Gasteiger partial charge in [-0.3, -0.25) is 0 Å². The van der Waals surface area contributed by atoms with E-state index in [-0.39, 0.29) is 12.5 Å². The van der Waals surface area contributed by atoms with E-state index >= 15 is 0 Å². The van der Waals surface area contributed by atoms with Gasteiger partial charge in [0.05, 0.1) is 0 Å². The quantitative estimate of drug-likeness (QED) is 0.846. The van der Waals surface area contributed by atoms with Crippen molar-refractivity contribution in [3.05, 3.63) is 40.5 Å². The van der Waals surface area contributed by atoms with Crippen molar-refractivity contribution in [2.24, 2.45) is 0 Å². The first kappa shape index (κ1) is 12.9. The lowest BCUT2D eigenvalue weighted by Crippen LogP contribution is -1.99. The largest absolute Gasteiger partial charge is 0.485 e. The molecule has 1 aromatic carbocycles. The maximum absolute atomic E-state index is 5.91. The third-order valence-corrected chi connectivity index (χ3v) is 2.72. The number of hydrogen-bond acceptors (Lipinski definition) is 4. The molecule has 0 saturated heterocycles. The van der Waals surface area contributed by atoms with Crippen LogP contribution in [0, 0.1) is 6.92 Å². The van der Waals surface area contributed by atoms with Crippen molar-refractivity contribution in [1.29, 1.82) is 0 Å². The first-order valence-electron chi connectivity index (χ1n) is 5.77. The number of aromatic nitrogens is 2. The molecule has 0 aliphatic heterocycles. The van der Waals surface area contributed by atoms with Crippen molar-refractivity contribution >= 4 is 11.6 Å². The molecule has 0 unspecified atom stereocenters. The van der Waals surface area contributed by atoms with Crippen LogP contribution in [0.4, 0.5) is 0 Å². The fourth-order valence-electron chi connectivity index (χ4n) is 1.43. The summed E-state index contributed by atoms with van der Waals surface area (Å²) in [7, 11) is 0. The second kappa shape index (κ2) is 5.40. The summed E-state index contributed by atoms with van der Waals surface area (Å²) in [6, 6.07) is 5.52. The van der Waals surface area contributed by atoms with Gasteiger partial charge in [-0.15, -0.1) is 0 Å². The molecule has 0 fully saturated rings. The SMILES string of the molecule is Cc1ccc(Cl)cc1OCc1noc(C(C)C)n1. The van der Waals surface area contributed by atoms with E-state index in [1.807, 2.05) is 32.9 Å². The van der Waals surface area contributed by atoms with Gasteiger partial charge >= 0.3 is 0 Å². The zero-order chi connectivity index (χ0) is 13.1. The molecule has 18 heavy (non-hydrogen) atoms. The number of aryl methyl sites for hydroxylation is 1. The fourth-order valence-corrected chi connectivity index (χ4v) is 1.59. The van der Waals surface area contributed by atoms with E-state index in [2.05, 4.69) is 10.1 Å². The summed E-state index contributed by atoms with van der Waals surface area (Å²) in [5.74, 6) is 2.12. The highest BCUT2D eigenvalue weighted by Gasteiger charge is 2.10. The molecule has 5 heteroatoms. The average Bonchev–Trinajstić information content (AvgIpc) is 2.79. The zero-order valence-corrected chi connectivity index (χ0v) is 11.4. The van der Waals surface area contributed by atoms with Gasteiger partial charge < -0.3 is 9.26 Å². The molecule has 2 rings (SSSR count). The minimum absolute atomic E-state index is 0.221. The molecular weight excluding hydrogens is 252 g/mol. The van der Waals surface area contributed by atoms with Gasteiger partial charge in [-0.05, 0) is 24.6 Å². The minimum atomic E-state index is 0.221. The summed E-state index contributed by atoms with van der Waals surface area (Å²) < 4.78 is 10.7. The summed E-state index contributed by atoms with van der Waals surface area (Å²) in [6.07, 6.45) is 0. The number of rotatable bonds is 4. The Hall–Kier alpha value is -1.55. The predicted molar refractivity (Wildman–Crippen MR) is 68.9 cm³/mol. The molecule has 2 aromatic rings. The Kier molecular flexibility index (Phi) is 3.87. The average molecular weight is 267 g/mol. The molecule has 0 N–H and O–H groups in total. The molecule has 0 bridgehead atoms. The molecule has 1 heterocycles. The zero-order valence-electron chi connectivity index (χ0n) is 10.6. The topological polar surface area (TPSA) is 48.2 Å². The van der Waals surface area contributed by atoms with Gasteiger partial charge in [0.2, 0.25) is 11.7 Å². The van der Waals surface area contributed by atoms with Gasteiger partial charge in [-0.1, -0.05) is 36.7 Å². The first-order valence-corrected chi connectivity index (χ1v) is 6.15. The molecule has 96 valence electrons. The number of benzene rings is 1. The van der Waals surface area contributed by atoms with Gasteiger partial charge in [-0.25, -0.2) is 0 Å². The predicted octanol–water partition coefficient (Wildman–Crippen LogP) is 3.73. The lowest BCUT2D eigenvalue weighted by Gasteiger charge is -2.06. The Morgan fingerprint density at radius 1 is 1.39 bits per heavy atom. The third-order valence-electron chi connectivity index (χ3n) is 2.48.